The van der Waals surface area contributed by atoms with Crippen LogP contribution in [0.15, 0.2) is 23.2 Å². The quantitative estimate of drug-likeness (QED) is 0.803. The van der Waals surface area contributed by atoms with Crippen LogP contribution in [-0.2, 0) is 6.42 Å². The Morgan fingerprint density at radius 3 is 3.00 bits per heavy atom. The molecule has 1 N–H and O–H groups in total. The van der Waals surface area contributed by atoms with Gasteiger partial charge in [0.1, 0.15) is 0 Å². The second-order valence-corrected chi connectivity index (χ2v) is 7.38. The van der Waals surface area contributed by atoms with Crippen molar-refractivity contribution < 1.29 is 0 Å². The maximum absolute atomic E-state index is 3.63. The molecule has 0 amide bonds. The zero-order valence-electron chi connectivity index (χ0n) is 12.4. The molecule has 2 nitrogen and oxygen atoms in total. The highest BCUT2D eigenvalue weighted by molar-refractivity contribution is 7.98. The number of hydrogen-bond donors (Lipinski definition) is 1. The van der Waals surface area contributed by atoms with Crippen LogP contribution >= 0.6 is 11.8 Å². The van der Waals surface area contributed by atoms with Gasteiger partial charge in [-0.25, -0.2) is 0 Å². The summed E-state index contributed by atoms with van der Waals surface area (Å²) < 4.78 is 0. The number of benzene rings is 1. The Morgan fingerprint density at radius 2 is 2.20 bits per heavy atom. The topological polar surface area (TPSA) is 19.0 Å². The molecule has 4 rings (SSSR count). The summed E-state index contributed by atoms with van der Waals surface area (Å²) >= 11 is 1.86. The normalized spacial score (nSPS) is 29.6. The molecule has 106 valence electrons. The summed E-state index contributed by atoms with van der Waals surface area (Å²) in [5.41, 5.74) is 4.48. The molecule has 0 saturated carbocycles. The van der Waals surface area contributed by atoms with Crippen molar-refractivity contribution in [2.45, 2.75) is 36.8 Å². The number of nitrogens with one attached hydrogen (secondary N) is 1. The van der Waals surface area contributed by atoms with Gasteiger partial charge in [-0.2, -0.15) is 0 Å². The van der Waals surface area contributed by atoms with E-state index in [9.17, 15) is 0 Å². The second-order valence-electron chi connectivity index (χ2n) is 6.57. The summed E-state index contributed by atoms with van der Waals surface area (Å²) in [6.45, 7) is 3.64. The molecule has 0 radical (unpaired) electrons. The van der Waals surface area contributed by atoms with E-state index in [2.05, 4.69) is 48.3 Å². The van der Waals surface area contributed by atoms with Crippen LogP contribution in [0, 0.1) is 5.92 Å². The largest absolute Gasteiger partial charge is 0.349 e. The van der Waals surface area contributed by atoms with Gasteiger partial charge in [-0.3, -0.25) is 0 Å². The third-order valence-electron chi connectivity index (χ3n) is 5.22. The molecule has 3 heteroatoms. The van der Waals surface area contributed by atoms with Crippen molar-refractivity contribution in [1.82, 2.24) is 9.88 Å². The molecule has 1 aliphatic carbocycles. The Bertz CT molecular complexity index is 660. The molecular formula is C17H22N2S. The summed E-state index contributed by atoms with van der Waals surface area (Å²) in [5.74, 6) is 1.52. The van der Waals surface area contributed by atoms with E-state index in [1.807, 2.05) is 11.8 Å². The predicted molar refractivity (Wildman–Crippen MR) is 86.7 cm³/mol. The van der Waals surface area contributed by atoms with Gasteiger partial charge in [-0.15, -0.1) is 11.8 Å². The number of H-pyrrole nitrogens is 1. The number of likely N-dealkylation sites (N-methyl/N-ethyl adjacent to an activating group) is 1. The van der Waals surface area contributed by atoms with Crippen molar-refractivity contribution in [3.8, 4) is 0 Å². The van der Waals surface area contributed by atoms with Crippen molar-refractivity contribution >= 4 is 22.7 Å². The van der Waals surface area contributed by atoms with Crippen LogP contribution in [-0.4, -0.2) is 35.8 Å². The van der Waals surface area contributed by atoms with E-state index in [4.69, 9.17) is 0 Å². The lowest BCUT2D eigenvalue weighted by molar-refractivity contribution is 0.119. The third kappa shape index (κ3) is 1.69. The Hall–Kier alpha value is -0.930. The Morgan fingerprint density at radius 1 is 1.35 bits per heavy atom. The van der Waals surface area contributed by atoms with Gasteiger partial charge in [0, 0.05) is 29.4 Å². The molecule has 1 fully saturated rings. The molecule has 1 aliphatic heterocycles. The van der Waals surface area contributed by atoms with Gasteiger partial charge in [-0.1, -0.05) is 19.1 Å². The summed E-state index contributed by atoms with van der Waals surface area (Å²) in [4.78, 5) is 6.22. The first-order valence-corrected chi connectivity index (χ1v) is 8.79. The fourth-order valence-corrected chi connectivity index (χ4v) is 5.08. The van der Waals surface area contributed by atoms with Crippen molar-refractivity contribution in [3.05, 3.63) is 29.3 Å². The van der Waals surface area contributed by atoms with E-state index in [1.54, 1.807) is 11.1 Å². The molecule has 0 spiro atoms. The van der Waals surface area contributed by atoms with Gasteiger partial charge in [-0.05, 0) is 49.3 Å². The van der Waals surface area contributed by atoms with Gasteiger partial charge in [0.25, 0.3) is 0 Å². The molecule has 1 aromatic carbocycles. The van der Waals surface area contributed by atoms with E-state index in [-0.39, 0.29) is 0 Å². The highest BCUT2D eigenvalue weighted by Gasteiger charge is 2.38. The van der Waals surface area contributed by atoms with Gasteiger partial charge in [0.05, 0.1) is 5.03 Å². The fraction of sp³-hybridized carbons (Fsp3) is 0.529. The lowest BCUT2D eigenvalue weighted by Gasteiger charge is -2.45. The number of nitrogens with zero attached hydrogens (tertiary/aromatic N) is 1. The molecule has 2 aliphatic rings. The summed E-state index contributed by atoms with van der Waals surface area (Å²) in [6, 6.07) is 7.51. The molecule has 3 atom stereocenters. The molecule has 0 bridgehead atoms. The Kier molecular flexibility index (Phi) is 2.90. The van der Waals surface area contributed by atoms with Crippen molar-refractivity contribution in [1.29, 1.82) is 0 Å². The standard InChI is InChI=1S/C17H22N2S/c1-10-7-12-11-5-4-6-14-16(11)13(17(18-14)20-3)8-15(12)19(2)9-10/h4-6,10,12,15,18H,7-9H2,1-3H3/t10-,12-,15-/m1/s1. The number of thioether (sulfide) groups is 1. The minimum Gasteiger partial charge on any atom is -0.349 e. The Labute approximate surface area is 124 Å². The van der Waals surface area contributed by atoms with E-state index in [1.165, 1.54) is 35.3 Å². The van der Waals surface area contributed by atoms with Gasteiger partial charge in [0.2, 0.25) is 0 Å². The third-order valence-corrected chi connectivity index (χ3v) is 5.98. The molecule has 1 saturated heterocycles. The zero-order valence-corrected chi connectivity index (χ0v) is 13.3. The number of likely N-dealkylation sites (tertiary alicyclic amines) is 1. The van der Waals surface area contributed by atoms with E-state index >= 15 is 0 Å². The van der Waals surface area contributed by atoms with E-state index < -0.39 is 0 Å². The van der Waals surface area contributed by atoms with Crippen LogP contribution in [0.4, 0.5) is 0 Å². The number of aromatic nitrogens is 1. The second kappa shape index (κ2) is 4.54. The first-order valence-electron chi connectivity index (χ1n) is 7.56. The fourth-order valence-electron chi connectivity index (χ4n) is 4.44. The lowest BCUT2D eigenvalue weighted by atomic mass is 9.73. The van der Waals surface area contributed by atoms with Crippen LogP contribution < -0.4 is 0 Å². The van der Waals surface area contributed by atoms with Crippen molar-refractivity contribution in [3.63, 3.8) is 0 Å². The maximum atomic E-state index is 3.63. The van der Waals surface area contributed by atoms with E-state index in [0.29, 0.717) is 12.0 Å². The molecule has 2 heterocycles. The van der Waals surface area contributed by atoms with Gasteiger partial charge >= 0.3 is 0 Å². The lowest BCUT2D eigenvalue weighted by Crippen LogP contribution is -2.47. The number of aromatic amines is 1. The Balaban J connectivity index is 1.94. The van der Waals surface area contributed by atoms with Crippen molar-refractivity contribution in [2.75, 3.05) is 19.8 Å². The minimum atomic E-state index is 0.686. The SMILES string of the molecule is CSc1[nH]c2cccc3c2c1C[C@@H]1[C@@H]3C[C@@H](C)CN1C. The summed E-state index contributed by atoms with van der Waals surface area (Å²) in [6.07, 6.45) is 4.73. The van der Waals surface area contributed by atoms with Gasteiger partial charge < -0.3 is 9.88 Å². The van der Waals surface area contributed by atoms with Crippen molar-refractivity contribution in [2.24, 2.45) is 5.92 Å². The number of hydrogen-bond acceptors (Lipinski definition) is 2. The first-order chi connectivity index (χ1) is 9.69. The monoisotopic (exact) mass is 286 g/mol. The summed E-state index contributed by atoms with van der Waals surface area (Å²) in [7, 11) is 2.31. The minimum absolute atomic E-state index is 0.686. The highest BCUT2D eigenvalue weighted by Crippen LogP contribution is 2.46. The summed E-state index contributed by atoms with van der Waals surface area (Å²) in [5, 5.41) is 2.90. The molecule has 20 heavy (non-hydrogen) atoms. The van der Waals surface area contributed by atoms with Crippen LogP contribution in [0.1, 0.15) is 30.4 Å². The smallest absolute Gasteiger partial charge is 0.0763 e. The average molecular weight is 286 g/mol. The van der Waals surface area contributed by atoms with E-state index in [0.717, 1.165) is 5.92 Å². The molecule has 1 aromatic heterocycles. The molecule has 2 aromatic rings. The molecular weight excluding hydrogens is 264 g/mol. The zero-order chi connectivity index (χ0) is 13.9. The van der Waals surface area contributed by atoms with Gasteiger partial charge in [0.15, 0.2) is 0 Å². The number of fused-ring (bicyclic) bond motifs is 2. The maximum Gasteiger partial charge on any atom is 0.0763 e. The first kappa shape index (κ1) is 12.8. The number of rotatable bonds is 1. The highest BCUT2D eigenvalue weighted by atomic mass is 32.2. The van der Waals surface area contributed by atoms with Crippen LogP contribution in [0.2, 0.25) is 0 Å². The van der Waals surface area contributed by atoms with Crippen LogP contribution in [0.3, 0.4) is 0 Å². The predicted octanol–water partition coefficient (Wildman–Crippen LogP) is 3.87. The van der Waals surface area contributed by atoms with Crippen LogP contribution in [0.25, 0.3) is 10.9 Å². The number of piperidine rings is 1. The van der Waals surface area contributed by atoms with Crippen LogP contribution in [0.5, 0.6) is 0 Å². The molecule has 0 unspecified atom stereocenters. The average Bonchev–Trinajstić information content (AvgIpc) is 2.80.